The third-order valence-electron chi connectivity index (χ3n) is 2.23. The first-order chi connectivity index (χ1) is 5.33. The first-order valence-electron chi connectivity index (χ1n) is 4.24. The summed E-state index contributed by atoms with van der Waals surface area (Å²) in [7, 11) is 0. The monoisotopic (exact) mass is 150 g/mol. The smallest absolute Gasteiger partial charge is 0.132 e. The fraction of sp³-hybridized carbons (Fsp3) is 0.700. The number of ketones is 1. The van der Waals surface area contributed by atoms with Gasteiger partial charge in [0.1, 0.15) is 5.78 Å². The SMILES string of the molecule is CC#CCC1CCC(=O)CC1. The summed E-state index contributed by atoms with van der Waals surface area (Å²) in [4.78, 5) is 10.8. The Morgan fingerprint density at radius 3 is 2.64 bits per heavy atom. The minimum absolute atomic E-state index is 0.436. The number of Topliss-reactive ketones (excluding diaryl/α,β-unsaturated/α-hetero) is 1. The number of carbonyl (C=O) groups is 1. The number of hydrogen-bond acceptors (Lipinski definition) is 1. The molecule has 1 heteroatoms. The molecule has 60 valence electrons. The molecule has 0 aromatic heterocycles. The summed E-state index contributed by atoms with van der Waals surface area (Å²) >= 11 is 0. The summed E-state index contributed by atoms with van der Waals surface area (Å²) < 4.78 is 0. The highest BCUT2D eigenvalue weighted by atomic mass is 16.1. The zero-order valence-corrected chi connectivity index (χ0v) is 7.02. The van der Waals surface area contributed by atoms with Gasteiger partial charge in [0, 0.05) is 19.3 Å². The van der Waals surface area contributed by atoms with Gasteiger partial charge in [-0.3, -0.25) is 4.79 Å². The van der Waals surface area contributed by atoms with Gasteiger partial charge in [-0.05, 0) is 25.7 Å². The maximum Gasteiger partial charge on any atom is 0.132 e. The van der Waals surface area contributed by atoms with Crippen molar-refractivity contribution in [1.29, 1.82) is 0 Å². The number of rotatable bonds is 1. The molecule has 0 N–H and O–H groups in total. The van der Waals surface area contributed by atoms with E-state index in [9.17, 15) is 4.79 Å². The lowest BCUT2D eigenvalue weighted by Crippen LogP contribution is -2.12. The highest BCUT2D eigenvalue weighted by Crippen LogP contribution is 2.23. The van der Waals surface area contributed by atoms with Crippen molar-refractivity contribution in [1.82, 2.24) is 0 Å². The summed E-state index contributed by atoms with van der Waals surface area (Å²) in [5, 5.41) is 0. The zero-order valence-electron chi connectivity index (χ0n) is 7.02. The van der Waals surface area contributed by atoms with Crippen molar-refractivity contribution in [2.75, 3.05) is 0 Å². The second-order valence-corrected chi connectivity index (χ2v) is 3.11. The average Bonchev–Trinajstić information content (AvgIpc) is 2.04. The Hall–Kier alpha value is -0.770. The van der Waals surface area contributed by atoms with Crippen LogP contribution in [0.1, 0.15) is 39.0 Å². The van der Waals surface area contributed by atoms with E-state index in [1.807, 2.05) is 6.92 Å². The molecule has 1 aliphatic carbocycles. The van der Waals surface area contributed by atoms with Crippen molar-refractivity contribution in [3.8, 4) is 11.8 Å². The van der Waals surface area contributed by atoms with E-state index in [0.717, 1.165) is 32.1 Å². The molecule has 0 heterocycles. The van der Waals surface area contributed by atoms with Crippen LogP contribution in [0, 0.1) is 17.8 Å². The van der Waals surface area contributed by atoms with Crippen molar-refractivity contribution in [2.45, 2.75) is 39.0 Å². The summed E-state index contributed by atoms with van der Waals surface area (Å²) in [6.45, 7) is 1.87. The Balaban J connectivity index is 2.26. The van der Waals surface area contributed by atoms with Crippen LogP contribution < -0.4 is 0 Å². The van der Waals surface area contributed by atoms with Gasteiger partial charge in [0.25, 0.3) is 0 Å². The molecule has 0 saturated heterocycles. The predicted octanol–water partition coefficient (Wildman–Crippen LogP) is 2.16. The minimum atomic E-state index is 0.436. The molecule has 1 rings (SSSR count). The van der Waals surface area contributed by atoms with E-state index in [2.05, 4.69) is 11.8 Å². The van der Waals surface area contributed by atoms with Gasteiger partial charge in [-0.15, -0.1) is 11.8 Å². The first-order valence-corrected chi connectivity index (χ1v) is 4.24. The fourth-order valence-electron chi connectivity index (χ4n) is 1.45. The predicted molar refractivity (Wildman–Crippen MR) is 45.0 cm³/mol. The van der Waals surface area contributed by atoms with E-state index in [1.54, 1.807) is 0 Å². The highest BCUT2D eigenvalue weighted by molar-refractivity contribution is 5.79. The maximum atomic E-state index is 10.8. The highest BCUT2D eigenvalue weighted by Gasteiger charge is 2.17. The lowest BCUT2D eigenvalue weighted by molar-refractivity contribution is -0.120. The lowest BCUT2D eigenvalue weighted by Gasteiger charge is -2.17. The van der Waals surface area contributed by atoms with Crippen LogP contribution >= 0.6 is 0 Å². The lowest BCUT2D eigenvalue weighted by atomic mass is 9.86. The molecule has 11 heavy (non-hydrogen) atoms. The number of carbonyl (C=O) groups excluding carboxylic acids is 1. The van der Waals surface area contributed by atoms with Crippen molar-refractivity contribution >= 4 is 5.78 Å². The molecular weight excluding hydrogens is 136 g/mol. The summed E-state index contributed by atoms with van der Waals surface area (Å²) in [5.74, 6) is 7.09. The molecule has 0 aromatic carbocycles. The molecule has 0 aromatic rings. The van der Waals surface area contributed by atoms with E-state index in [-0.39, 0.29) is 0 Å². The topological polar surface area (TPSA) is 17.1 Å². The third-order valence-corrected chi connectivity index (χ3v) is 2.23. The molecule has 1 fully saturated rings. The van der Waals surface area contributed by atoms with Crippen molar-refractivity contribution < 1.29 is 4.79 Å². The van der Waals surface area contributed by atoms with Crippen LogP contribution in [0.25, 0.3) is 0 Å². The van der Waals surface area contributed by atoms with E-state index in [0.29, 0.717) is 11.7 Å². The number of hydrogen-bond donors (Lipinski definition) is 0. The molecule has 0 amide bonds. The van der Waals surface area contributed by atoms with Gasteiger partial charge in [0.2, 0.25) is 0 Å². The molecule has 1 aliphatic rings. The summed E-state index contributed by atoms with van der Waals surface area (Å²) in [5.41, 5.74) is 0. The first kappa shape index (κ1) is 8.33. The zero-order chi connectivity index (χ0) is 8.10. The van der Waals surface area contributed by atoms with Gasteiger partial charge in [-0.25, -0.2) is 0 Å². The van der Waals surface area contributed by atoms with Crippen LogP contribution in [0.3, 0.4) is 0 Å². The van der Waals surface area contributed by atoms with Gasteiger partial charge in [0.15, 0.2) is 0 Å². The molecule has 1 saturated carbocycles. The maximum absolute atomic E-state index is 10.8. The molecule has 0 aliphatic heterocycles. The minimum Gasteiger partial charge on any atom is -0.300 e. The molecule has 0 atom stereocenters. The molecule has 0 spiro atoms. The van der Waals surface area contributed by atoms with E-state index < -0.39 is 0 Å². The fourth-order valence-corrected chi connectivity index (χ4v) is 1.45. The molecule has 0 bridgehead atoms. The Morgan fingerprint density at radius 1 is 1.45 bits per heavy atom. The average molecular weight is 150 g/mol. The van der Waals surface area contributed by atoms with Crippen molar-refractivity contribution in [2.24, 2.45) is 5.92 Å². The second kappa shape index (κ2) is 4.18. The standard InChI is InChI=1S/C10H14O/c1-2-3-4-9-5-7-10(11)8-6-9/h9H,4-8H2,1H3. The second-order valence-electron chi connectivity index (χ2n) is 3.11. The van der Waals surface area contributed by atoms with E-state index in [4.69, 9.17) is 0 Å². The van der Waals surface area contributed by atoms with Gasteiger partial charge in [-0.1, -0.05) is 0 Å². The van der Waals surface area contributed by atoms with Crippen LogP contribution in [0.5, 0.6) is 0 Å². The Labute approximate surface area is 68.2 Å². The normalized spacial score (nSPS) is 19.2. The van der Waals surface area contributed by atoms with Crippen LogP contribution in [0.15, 0.2) is 0 Å². The van der Waals surface area contributed by atoms with E-state index >= 15 is 0 Å². The van der Waals surface area contributed by atoms with Gasteiger partial charge >= 0.3 is 0 Å². The molecule has 1 nitrogen and oxygen atoms in total. The quantitative estimate of drug-likeness (QED) is 0.523. The van der Waals surface area contributed by atoms with Crippen LogP contribution in [0.4, 0.5) is 0 Å². The summed E-state index contributed by atoms with van der Waals surface area (Å²) in [6.07, 6.45) is 4.69. The molecule has 0 unspecified atom stereocenters. The van der Waals surface area contributed by atoms with Crippen LogP contribution in [-0.2, 0) is 4.79 Å². The van der Waals surface area contributed by atoms with E-state index in [1.165, 1.54) is 0 Å². The van der Waals surface area contributed by atoms with Crippen molar-refractivity contribution in [3.05, 3.63) is 0 Å². The molecular formula is C10H14O. The third kappa shape index (κ3) is 2.76. The van der Waals surface area contributed by atoms with Crippen LogP contribution in [-0.4, -0.2) is 5.78 Å². The molecule has 0 radical (unpaired) electrons. The van der Waals surface area contributed by atoms with Gasteiger partial charge in [-0.2, -0.15) is 0 Å². The largest absolute Gasteiger partial charge is 0.300 e. The Kier molecular flexibility index (Phi) is 3.16. The van der Waals surface area contributed by atoms with Crippen LogP contribution in [0.2, 0.25) is 0 Å². The summed E-state index contributed by atoms with van der Waals surface area (Å²) in [6, 6.07) is 0. The van der Waals surface area contributed by atoms with Crippen molar-refractivity contribution in [3.63, 3.8) is 0 Å². The van der Waals surface area contributed by atoms with Gasteiger partial charge in [0.05, 0.1) is 0 Å². The Bertz CT molecular complexity index is 185. The Morgan fingerprint density at radius 2 is 2.09 bits per heavy atom. The van der Waals surface area contributed by atoms with Gasteiger partial charge < -0.3 is 0 Å².